The summed E-state index contributed by atoms with van der Waals surface area (Å²) in [7, 11) is 0. The van der Waals surface area contributed by atoms with E-state index < -0.39 is 5.92 Å². The van der Waals surface area contributed by atoms with Gasteiger partial charge in [-0.25, -0.2) is 8.78 Å². The van der Waals surface area contributed by atoms with Gasteiger partial charge in [-0.05, 0) is 56.3 Å². The molecule has 3 fully saturated rings. The van der Waals surface area contributed by atoms with Crippen LogP contribution in [0.1, 0.15) is 51.4 Å². The Morgan fingerprint density at radius 3 is 1.56 bits per heavy atom. The minimum atomic E-state index is -2.36. The minimum Gasteiger partial charge on any atom is -0.381 e. The predicted molar refractivity (Wildman–Crippen MR) is 66.7 cm³/mol. The first-order valence-electron chi connectivity index (χ1n) is 7.60. The maximum atomic E-state index is 13.2. The molecule has 1 heterocycles. The van der Waals surface area contributed by atoms with E-state index >= 15 is 0 Å². The highest BCUT2D eigenvalue weighted by Crippen LogP contribution is 2.45. The van der Waals surface area contributed by atoms with Crippen LogP contribution in [0.4, 0.5) is 8.78 Å². The molecule has 2 saturated carbocycles. The van der Waals surface area contributed by atoms with Gasteiger partial charge in [-0.15, -0.1) is 0 Å². The van der Waals surface area contributed by atoms with Gasteiger partial charge < -0.3 is 4.74 Å². The largest absolute Gasteiger partial charge is 0.381 e. The molecule has 1 nitrogen and oxygen atoms in total. The average molecular weight is 258 g/mol. The van der Waals surface area contributed by atoms with Gasteiger partial charge in [0.15, 0.2) is 0 Å². The summed E-state index contributed by atoms with van der Waals surface area (Å²) in [6.45, 7) is 1.93. The van der Waals surface area contributed by atoms with Crippen LogP contribution < -0.4 is 0 Å². The van der Waals surface area contributed by atoms with Crippen molar-refractivity contribution in [3.8, 4) is 0 Å². The third-order valence-corrected chi connectivity index (χ3v) is 5.58. The van der Waals surface area contributed by atoms with Gasteiger partial charge in [0.2, 0.25) is 5.92 Å². The highest BCUT2D eigenvalue weighted by Gasteiger charge is 2.39. The molecular weight excluding hydrogens is 234 g/mol. The third-order valence-electron chi connectivity index (χ3n) is 5.58. The normalized spacial score (nSPS) is 38.3. The predicted octanol–water partition coefficient (Wildman–Crippen LogP) is 4.26. The van der Waals surface area contributed by atoms with Gasteiger partial charge in [-0.1, -0.05) is 0 Å². The lowest BCUT2D eigenvalue weighted by Gasteiger charge is -2.41. The first kappa shape index (κ1) is 12.8. The molecule has 104 valence electrons. The minimum absolute atomic E-state index is 0.133. The van der Waals surface area contributed by atoms with Crippen molar-refractivity contribution in [3.63, 3.8) is 0 Å². The van der Waals surface area contributed by atoms with E-state index in [0.717, 1.165) is 43.8 Å². The summed E-state index contributed by atoms with van der Waals surface area (Å²) in [6, 6.07) is 0. The van der Waals surface area contributed by atoms with Crippen LogP contribution >= 0.6 is 0 Å². The zero-order valence-electron chi connectivity index (χ0n) is 11.0. The standard InChI is InChI=1S/C15H24F2O/c16-15(17)7-5-13(6-8-15)11-1-3-12(4-2-11)14-9-18-10-14/h11-14H,1-10H2. The zero-order valence-corrected chi connectivity index (χ0v) is 11.0. The van der Waals surface area contributed by atoms with Crippen LogP contribution in [0.5, 0.6) is 0 Å². The molecule has 0 spiro atoms. The van der Waals surface area contributed by atoms with Crippen molar-refractivity contribution in [2.45, 2.75) is 57.3 Å². The maximum absolute atomic E-state index is 13.2. The van der Waals surface area contributed by atoms with E-state index in [1.54, 1.807) is 0 Å². The Balaban J connectivity index is 1.45. The Morgan fingerprint density at radius 1 is 0.667 bits per heavy atom. The maximum Gasteiger partial charge on any atom is 0.248 e. The van der Waals surface area contributed by atoms with Crippen LogP contribution in [-0.2, 0) is 4.74 Å². The average Bonchev–Trinajstić information content (AvgIpc) is 2.28. The molecule has 1 saturated heterocycles. The second-order valence-corrected chi connectivity index (χ2v) is 6.67. The fourth-order valence-corrected chi connectivity index (χ4v) is 4.15. The molecule has 3 rings (SSSR count). The monoisotopic (exact) mass is 258 g/mol. The second-order valence-electron chi connectivity index (χ2n) is 6.67. The smallest absolute Gasteiger partial charge is 0.248 e. The van der Waals surface area contributed by atoms with E-state index in [2.05, 4.69) is 0 Å². The third kappa shape index (κ3) is 2.71. The van der Waals surface area contributed by atoms with Crippen molar-refractivity contribution in [3.05, 3.63) is 0 Å². The molecule has 3 heteroatoms. The van der Waals surface area contributed by atoms with Crippen molar-refractivity contribution >= 4 is 0 Å². The second kappa shape index (κ2) is 5.07. The number of halogens is 2. The van der Waals surface area contributed by atoms with E-state index in [0.29, 0.717) is 5.92 Å². The summed E-state index contributed by atoms with van der Waals surface area (Å²) >= 11 is 0. The van der Waals surface area contributed by atoms with Crippen LogP contribution in [0.2, 0.25) is 0 Å². The first-order valence-corrected chi connectivity index (χ1v) is 7.60. The Morgan fingerprint density at radius 2 is 1.11 bits per heavy atom. The Hall–Kier alpha value is -0.180. The summed E-state index contributed by atoms with van der Waals surface area (Å²) in [5.41, 5.74) is 0. The Bertz CT molecular complexity index is 270. The van der Waals surface area contributed by atoms with Gasteiger partial charge in [-0.3, -0.25) is 0 Å². The fraction of sp³-hybridized carbons (Fsp3) is 1.00. The van der Waals surface area contributed by atoms with Crippen molar-refractivity contribution in [1.29, 1.82) is 0 Å². The molecule has 2 aliphatic carbocycles. The lowest BCUT2D eigenvalue weighted by molar-refractivity contribution is -0.0777. The van der Waals surface area contributed by atoms with Gasteiger partial charge >= 0.3 is 0 Å². The van der Waals surface area contributed by atoms with Gasteiger partial charge in [-0.2, -0.15) is 0 Å². The molecule has 0 bridgehead atoms. The highest BCUT2D eigenvalue weighted by atomic mass is 19.3. The number of alkyl halides is 2. The summed E-state index contributed by atoms with van der Waals surface area (Å²) in [4.78, 5) is 0. The molecule has 0 aromatic heterocycles. The number of ether oxygens (including phenoxy) is 1. The van der Waals surface area contributed by atoms with Crippen LogP contribution in [-0.4, -0.2) is 19.1 Å². The number of hydrogen-bond donors (Lipinski definition) is 0. The van der Waals surface area contributed by atoms with E-state index in [1.165, 1.54) is 25.7 Å². The van der Waals surface area contributed by atoms with Gasteiger partial charge in [0, 0.05) is 18.8 Å². The van der Waals surface area contributed by atoms with Crippen molar-refractivity contribution in [2.75, 3.05) is 13.2 Å². The SMILES string of the molecule is FC1(F)CCC(C2CCC(C3COC3)CC2)CC1. The quantitative estimate of drug-likeness (QED) is 0.719. The van der Waals surface area contributed by atoms with E-state index in [1.807, 2.05) is 0 Å². The number of hydrogen-bond acceptors (Lipinski definition) is 1. The molecule has 0 aromatic rings. The van der Waals surface area contributed by atoms with Gasteiger partial charge in [0.1, 0.15) is 0 Å². The lowest BCUT2D eigenvalue weighted by atomic mass is 9.68. The molecule has 1 aliphatic heterocycles. The fourth-order valence-electron chi connectivity index (χ4n) is 4.15. The van der Waals surface area contributed by atoms with Crippen molar-refractivity contribution in [1.82, 2.24) is 0 Å². The summed E-state index contributed by atoms with van der Waals surface area (Å²) in [5, 5.41) is 0. The van der Waals surface area contributed by atoms with E-state index in [4.69, 9.17) is 4.74 Å². The van der Waals surface area contributed by atoms with E-state index in [9.17, 15) is 8.78 Å². The molecule has 0 N–H and O–H groups in total. The zero-order chi connectivity index (χ0) is 12.6. The summed E-state index contributed by atoms with van der Waals surface area (Å²) < 4.78 is 31.6. The van der Waals surface area contributed by atoms with Gasteiger partial charge in [0.25, 0.3) is 0 Å². The molecule has 0 radical (unpaired) electrons. The number of rotatable bonds is 2. The summed E-state index contributed by atoms with van der Waals surface area (Å²) in [6.07, 6.45) is 6.96. The highest BCUT2D eigenvalue weighted by molar-refractivity contribution is 4.86. The Labute approximate surface area is 108 Å². The Kier molecular flexibility index (Phi) is 3.61. The molecule has 18 heavy (non-hydrogen) atoms. The van der Waals surface area contributed by atoms with Gasteiger partial charge in [0.05, 0.1) is 13.2 Å². The van der Waals surface area contributed by atoms with Crippen molar-refractivity contribution < 1.29 is 13.5 Å². The molecule has 3 aliphatic rings. The topological polar surface area (TPSA) is 9.23 Å². The van der Waals surface area contributed by atoms with Crippen molar-refractivity contribution in [2.24, 2.45) is 23.7 Å². The van der Waals surface area contributed by atoms with Crippen LogP contribution in [0.3, 0.4) is 0 Å². The first-order chi connectivity index (χ1) is 8.64. The lowest BCUT2D eigenvalue weighted by Crippen LogP contribution is -2.37. The summed E-state index contributed by atoms with van der Waals surface area (Å²) in [5.74, 6) is 0.625. The molecular formula is C15H24F2O. The molecule has 0 aromatic carbocycles. The van der Waals surface area contributed by atoms with Crippen LogP contribution in [0.25, 0.3) is 0 Å². The van der Waals surface area contributed by atoms with E-state index in [-0.39, 0.29) is 12.8 Å². The van der Waals surface area contributed by atoms with Crippen LogP contribution in [0, 0.1) is 23.7 Å². The van der Waals surface area contributed by atoms with Crippen LogP contribution in [0.15, 0.2) is 0 Å². The molecule has 0 amide bonds. The molecule has 0 atom stereocenters. The molecule has 0 unspecified atom stereocenters.